The number of hydrogen-bond donors (Lipinski definition) is 2. The predicted molar refractivity (Wildman–Crippen MR) is 98.7 cm³/mol. The molecule has 156 valence electrons. The van der Waals surface area contributed by atoms with Gasteiger partial charge >= 0.3 is 6.18 Å². The number of hydrogen-bond acceptors (Lipinski definition) is 4. The topological polar surface area (TPSA) is 88.9 Å². The highest BCUT2D eigenvalue weighted by Gasteiger charge is 2.42. The van der Waals surface area contributed by atoms with Crippen molar-refractivity contribution in [2.75, 3.05) is 11.9 Å². The lowest BCUT2D eigenvalue weighted by Gasteiger charge is -2.11. The summed E-state index contributed by atoms with van der Waals surface area (Å²) in [6.45, 7) is 2.19. The summed E-state index contributed by atoms with van der Waals surface area (Å²) in [7, 11) is 0. The van der Waals surface area contributed by atoms with E-state index in [1.165, 1.54) is 24.3 Å². The Morgan fingerprint density at radius 3 is 2.20 bits per heavy atom. The van der Waals surface area contributed by atoms with Crippen molar-refractivity contribution in [3.8, 4) is 5.69 Å². The summed E-state index contributed by atoms with van der Waals surface area (Å²) < 4.78 is 54.4. The van der Waals surface area contributed by atoms with E-state index in [0.717, 1.165) is 24.3 Å². The van der Waals surface area contributed by atoms with Gasteiger partial charge in [0.1, 0.15) is 5.82 Å². The second-order valence-electron chi connectivity index (χ2n) is 6.06. The largest absolute Gasteiger partial charge is 0.435 e. The number of aromatic nitrogens is 3. The summed E-state index contributed by atoms with van der Waals surface area (Å²) in [5, 5.41) is 11.7. The Labute approximate surface area is 167 Å². The molecule has 7 nitrogen and oxygen atoms in total. The lowest BCUT2D eigenvalue weighted by Crippen LogP contribution is -2.23. The molecular formula is C19H15F4N5O2. The summed E-state index contributed by atoms with van der Waals surface area (Å²) in [5.74, 6) is -2.10. The summed E-state index contributed by atoms with van der Waals surface area (Å²) in [6, 6.07) is 9.68. The van der Waals surface area contributed by atoms with E-state index in [9.17, 15) is 27.2 Å². The second-order valence-corrected chi connectivity index (χ2v) is 6.06. The minimum absolute atomic E-state index is 0.110. The van der Waals surface area contributed by atoms with E-state index in [2.05, 4.69) is 20.9 Å². The minimum atomic E-state index is -4.95. The van der Waals surface area contributed by atoms with Crippen LogP contribution in [0.5, 0.6) is 0 Å². The van der Waals surface area contributed by atoms with E-state index in [-0.39, 0.29) is 17.3 Å². The predicted octanol–water partition coefficient (Wildman–Crippen LogP) is 3.43. The first-order valence-corrected chi connectivity index (χ1v) is 8.69. The van der Waals surface area contributed by atoms with Crippen LogP contribution in [0.15, 0.2) is 48.5 Å². The van der Waals surface area contributed by atoms with E-state index in [0.29, 0.717) is 16.8 Å². The lowest BCUT2D eigenvalue weighted by molar-refractivity contribution is -0.143. The summed E-state index contributed by atoms with van der Waals surface area (Å²) in [5.41, 5.74) is -1.96. The van der Waals surface area contributed by atoms with Gasteiger partial charge in [0.15, 0.2) is 11.4 Å². The van der Waals surface area contributed by atoms with Crippen molar-refractivity contribution in [3.63, 3.8) is 0 Å². The second kappa shape index (κ2) is 8.31. The van der Waals surface area contributed by atoms with Gasteiger partial charge in [-0.3, -0.25) is 9.59 Å². The molecule has 0 radical (unpaired) electrons. The molecule has 0 aliphatic carbocycles. The molecule has 0 atom stereocenters. The van der Waals surface area contributed by atoms with Gasteiger partial charge in [-0.1, -0.05) is 5.21 Å². The molecule has 0 aliphatic heterocycles. The molecule has 3 rings (SSSR count). The molecule has 30 heavy (non-hydrogen) atoms. The monoisotopic (exact) mass is 421 g/mol. The van der Waals surface area contributed by atoms with E-state index in [1.54, 1.807) is 6.92 Å². The van der Waals surface area contributed by atoms with E-state index < -0.39 is 29.3 Å². The third kappa shape index (κ3) is 4.45. The zero-order valence-corrected chi connectivity index (χ0v) is 15.5. The number of nitrogens with one attached hydrogen (secondary N) is 2. The standard InChI is InChI=1S/C19H15F4N5O2/c1-2-24-17(29)11-3-7-13(8-4-11)25-18(30)15-16(19(21,22)23)28(27-26-15)14-9-5-12(20)6-10-14/h3-10H,2H2,1H3,(H,24,29)(H,25,30). The third-order valence-corrected chi connectivity index (χ3v) is 3.97. The fraction of sp³-hybridized carbons (Fsp3) is 0.158. The zero-order chi connectivity index (χ0) is 21.9. The Bertz CT molecular complexity index is 1060. The number of anilines is 1. The molecule has 0 unspecified atom stereocenters. The smallest absolute Gasteiger partial charge is 0.352 e. The van der Waals surface area contributed by atoms with Gasteiger partial charge in [0.2, 0.25) is 0 Å². The molecule has 0 saturated heterocycles. The van der Waals surface area contributed by atoms with Crippen LogP contribution in [0, 0.1) is 5.82 Å². The lowest BCUT2D eigenvalue weighted by atomic mass is 10.2. The molecule has 0 bridgehead atoms. The summed E-state index contributed by atoms with van der Waals surface area (Å²) >= 11 is 0. The van der Waals surface area contributed by atoms with Gasteiger partial charge in [-0.2, -0.15) is 13.2 Å². The SMILES string of the molecule is CCNC(=O)c1ccc(NC(=O)c2nnn(-c3ccc(F)cc3)c2C(F)(F)F)cc1. The third-order valence-electron chi connectivity index (χ3n) is 3.97. The van der Waals surface area contributed by atoms with Crippen LogP contribution in [0.1, 0.15) is 33.5 Å². The van der Waals surface area contributed by atoms with Gasteiger partial charge in [-0.05, 0) is 55.5 Å². The van der Waals surface area contributed by atoms with Crippen LogP contribution in [-0.2, 0) is 6.18 Å². The Kier molecular flexibility index (Phi) is 5.81. The molecule has 2 N–H and O–H groups in total. The van der Waals surface area contributed by atoms with Gasteiger partial charge in [-0.25, -0.2) is 9.07 Å². The number of rotatable bonds is 5. The van der Waals surface area contributed by atoms with E-state index >= 15 is 0 Å². The average Bonchev–Trinajstić information content (AvgIpc) is 3.15. The van der Waals surface area contributed by atoms with Gasteiger partial charge in [0.25, 0.3) is 11.8 Å². The van der Waals surface area contributed by atoms with Crippen LogP contribution in [0.2, 0.25) is 0 Å². The first-order valence-electron chi connectivity index (χ1n) is 8.69. The number of alkyl halides is 3. The number of amides is 2. The molecule has 0 spiro atoms. The van der Waals surface area contributed by atoms with Crippen molar-refractivity contribution < 1.29 is 27.2 Å². The average molecular weight is 421 g/mol. The molecule has 1 heterocycles. The Balaban J connectivity index is 1.89. The van der Waals surface area contributed by atoms with Crippen molar-refractivity contribution >= 4 is 17.5 Å². The van der Waals surface area contributed by atoms with Crippen LogP contribution >= 0.6 is 0 Å². The maximum absolute atomic E-state index is 13.6. The number of carbonyl (C=O) groups excluding carboxylic acids is 2. The minimum Gasteiger partial charge on any atom is -0.352 e. The molecule has 0 fully saturated rings. The van der Waals surface area contributed by atoms with E-state index in [4.69, 9.17) is 0 Å². The van der Waals surface area contributed by atoms with Crippen molar-refractivity contribution in [2.45, 2.75) is 13.1 Å². The van der Waals surface area contributed by atoms with Gasteiger partial charge in [0.05, 0.1) is 5.69 Å². The van der Waals surface area contributed by atoms with E-state index in [1.807, 2.05) is 0 Å². The van der Waals surface area contributed by atoms with Crippen molar-refractivity contribution in [3.05, 3.63) is 71.3 Å². The molecule has 11 heteroatoms. The highest BCUT2D eigenvalue weighted by Crippen LogP contribution is 2.33. The molecule has 2 aromatic carbocycles. The summed E-state index contributed by atoms with van der Waals surface area (Å²) in [4.78, 5) is 24.2. The van der Waals surface area contributed by atoms with Crippen LogP contribution in [0.4, 0.5) is 23.2 Å². The number of nitrogens with zero attached hydrogens (tertiary/aromatic N) is 3. The molecule has 0 aliphatic rings. The van der Waals surface area contributed by atoms with Crippen LogP contribution in [0.3, 0.4) is 0 Å². The highest BCUT2D eigenvalue weighted by atomic mass is 19.4. The highest BCUT2D eigenvalue weighted by molar-refractivity contribution is 6.04. The number of carbonyl (C=O) groups is 2. The van der Waals surface area contributed by atoms with Gasteiger partial charge < -0.3 is 10.6 Å². The van der Waals surface area contributed by atoms with Crippen LogP contribution in [0.25, 0.3) is 5.69 Å². The van der Waals surface area contributed by atoms with Gasteiger partial charge in [0, 0.05) is 17.8 Å². The van der Waals surface area contributed by atoms with Crippen LogP contribution in [-0.4, -0.2) is 33.4 Å². The molecular weight excluding hydrogens is 406 g/mol. The molecule has 1 aromatic heterocycles. The quantitative estimate of drug-likeness (QED) is 0.618. The fourth-order valence-corrected chi connectivity index (χ4v) is 2.61. The first-order chi connectivity index (χ1) is 14.2. The van der Waals surface area contributed by atoms with Crippen molar-refractivity contribution in [1.82, 2.24) is 20.3 Å². The Morgan fingerprint density at radius 1 is 1.00 bits per heavy atom. The molecule has 2 amide bonds. The number of benzene rings is 2. The Morgan fingerprint density at radius 2 is 1.63 bits per heavy atom. The fourth-order valence-electron chi connectivity index (χ4n) is 2.61. The first kappa shape index (κ1) is 21.0. The number of halogens is 4. The molecule has 3 aromatic rings. The molecule has 0 saturated carbocycles. The van der Waals surface area contributed by atoms with Crippen LogP contribution < -0.4 is 10.6 Å². The summed E-state index contributed by atoms with van der Waals surface area (Å²) in [6.07, 6.45) is -4.95. The zero-order valence-electron chi connectivity index (χ0n) is 15.5. The maximum Gasteiger partial charge on any atom is 0.435 e. The maximum atomic E-state index is 13.6. The van der Waals surface area contributed by atoms with Crippen molar-refractivity contribution in [2.24, 2.45) is 0 Å². The Hall–Kier alpha value is -3.76. The van der Waals surface area contributed by atoms with Gasteiger partial charge in [-0.15, -0.1) is 5.10 Å². The van der Waals surface area contributed by atoms with Crippen molar-refractivity contribution in [1.29, 1.82) is 0 Å². The normalized spacial score (nSPS) is 11.2.